The second-order valence-electron chi connectivity index (χ2n) is 8.87. The zero-order valence-electron chi connectivity index (χ0n) is 19.2. The molecule has 0 spiro atoms. The number of halogens is 1. The molecule has 1 aromatic heterocycles. The van der Waals surface area contributed by atoms with Crippen LogP contribution in [-0.4, -0.2) is 39.6 Å². The van der Waals surface area contributed by atoms with E-state index in [2.05, 4.69) is 29.4 Å². The molecule has 2 aromatic carbocycles. The highest BCUT2D eigenvalue weighted by molar-refractivity contribution is 7.99. The molecule has 5 rings (SSSR count). The van der Waals surface area contributed by atoms with Gasteiger partial charge in [0.15, 0.2) is 22.5 Å². The number of ether oxygens (including phenoxy) is 2. The highest BCUT2D eigenvalue weighted by atomic mass is 32.2. The molecule has 0 radical (unpaired) electrons. The molecule has 9 heteroatoms. The zero-order chi connectivity index (χ0) is 23.7. The van der Waals surface area contributed by atoms with Crippen LogP contribution >= 0.6 is 11.8 Å². The van der Waals surface area contributed by atoms with E-state index < -0.39 is 0 Å². The third-order valence-electron chi connectivity index (χ3n) is 5.93. The first-order valence-electron chi connectivity index (χ1n) is 11.5. The van der Waals surface area contributed by atoms with E-state index in [0.29, 0.717) is 35.5 Å². The Hall–Kier alpha value is -3.07. The number of carbonyl (C=O) groups is 1. The predicted octanol–water partition coefficient (Wildman–Crippen LogP) is 4.80. The molecule has 1 aliphatic heterocycles. The summed E-state index contributed by atoms with van der Waals surface area (Å²) in [6, 6.07) is 12.5. The Morgan fingerprint density at radius 2 is 1.91 bits per heavy atom. The van der Waals surface area contributed by atoms with Crippen LogP contribution in [0.25, 0.3) is 11.4 Å². The minimum absolute atomic E-state index is 0.101. The molecule has 7 nitrogen and oxygen atoms in total. The highest BCUT2D eigenvalue weighted by Crippen LogP contribution is 2.41. The van der Waals surface area contributed by atoms with E-state index in [1.54, 1.807) is 18.2 Å². The zero-order valence-corrected chi connectivity index (χ0v) is 20.0. The van der Waals surface area contributed by atoms with Gasteiger partial charge in [-0.1, -0.05) is 43.8 Å². The Balaban J connectivity index is 1.29. The summed E-state index contributed by atoms with van der Waals surface area (Å²) in [6.45, 7) is 5.19. The molecule has 34 heavy (non-hydrogen) atoms. The van der Waals surface area contributed by atoms with Crippen molar-refractivity contribution in [2.75, 3.05) is 19.0 Å². The average Bonchev–Trinajstić information content (AvgIpc) is 3.60. The maximum atomic E-state index is 14.4. The summed E-state index contributed by atoms with van der Waals surface area (Å²) in [5, 5.41) is 12.3. The minimum atomic E-state index is -0.328. The number of rotatable bonds is 8. The van der Waals surface area contributed by atoms with E-state index in [1.807, 2.05) is 22.8 Å². The molecule has 1 atom stereocenters. The first kappa shape index (κ1) is 22.7. The smallest absolute Gasteiger partial charge is 0.230 e. The first-order chi connectivity index (χ1) is 16.5. The Kier molecular flexibility index (Phi) is 6.45. The van der Waals surface area contributed by atoms with Gasteiger partial charge in [-0.05, 0) is 48.6 Å². The lowest BCUT2D eigenvalue weighted by Crippen LogP contribution is -2.33. The summed E-state index contributed by atoms with van der Waals surface area (Å²) in [7, 11) is 0. The van der Waals surface area contributed by atoms with Gasteiger partial charge in [0.2, 0.25) is 5.91 Å². The van der Waals surface area contributed by atoms with Gasteiger partial charge in [-0.15, -0.1) is 10.2 Å². The van der Waals surface area contributed by atoms with Crippen LogP contribution in [-0.2, 0) is 4.79 Å². The van der Waals surface area contributed by atoms with Crippen LogP contribution < -0.4 is 14.8 Å². The van der Waals surface area contributed by atoms with Crippen molar-refractivity contribution in [3.05, 3.63) is 53.8 Å². The Bertz CT molecular complexity index is 1190. The fraction of sp³-hybridized carbons (Fsp3) is 0.400. The Morgan fingerprint density at radius 1 is 1.15 bits per heavy atom. The molecule has 3 aromatic rings. The number of fused-ring (bicyclic) bond motifs is 1. The fourth-order valence-corrected chi connectivity index (χ4v) is 4.91. The number of benzene rings is 2. The van der Waals surface area contributed by atoms with Crippen LogP contribution in [0.5, 0.6) is 11.5 Å². The normalized spacial score (nSPS) is 15.9. The fourth-order valence-electron chi connectivity index (χ4n) is 4.10. The van der Waals surface area contributed by atoms with Crippen molar-refractivity contribution in [3.63, 3.8) is 0 Å². The van der Waals surface area contributed by atoms with Crippen molar-refractivity contribution in [2.24, 2.45) is 5.92 Å². The number of nitrogens with one attached hydrogen (secondary N) is 1. The molecular weight excluding hydrogens is 455 g/mol. The van der Waals surface area contributed by atoms with E-state index in [9.17, 15) is 9.18 Å². The molecule has 0 bridgehead atoms. The SMILES string of the molecule is CC(C)C(NC(=O)CSc1nnc(-c2ccccc2F)n1C1CC1)c1ccc2c(c1)OCCO2. The average molecular weight is 483 g/mol. The first-order valence-corrected chi connectivity index (χ1v) is 12.5. The van der Waals surface area contributed by atoms with Crippen LogP contribution in [0, 0.1) is 11.7 Å². The lowest BCUT2D eigenvalue weighted by Gasteiger charge is -2.25. The number of nitrogens with zero attached hydrogens (tertiary/aromatic N) is 3. The van der Waals surface area contributed by atoms with Crippen molar-refractivity contribution in [2.45, 2.75) is 43.9 Å². The summed E-state index contributed by atoms with van der Waals surface area (Å²) in [5.41, 5.74) is 1.40. The molecule has 1 aliphatic carbocycles. The van der Waals surface area contributed by atoms with E-state index in [1.165, 1.54) is 17.8 Å². The summed E-state index contributed by atoms with van der Waals surface area (Å²) in [6.07, 6.45) is 2.00. The van der Waals surface area contributed by atoms with Gasteiger partial charge in [0, 0.05) is 6.04 Å². The molecule has 1 fully saturated rings. The summed E-state index contributed by atoms with van der Waals surface area (Å²) >= 11 is 1.33. The van der Waals surface area contributed by atoms with Crippen LogP contribution in [0.1, 0.15) is 44.3 Å². The lowest BCUT2D eigenvalue weighted by molar-refractivity contribution is -0.119. The van der Waals surface area contributed by atoms with Gasteiger partial charge in [0.05, 0.1) is 17.4 Å². The maximum Gasteiger partial charge on any atom is 0.230 e. The molecule has 0 saturated heterocycles. The molecule has 1 unspecified atom stereocenters. The van der Waals surface area contributed by atoms with Crippen LogP contribution in [0.4, 0.5) is 4.39 Å². The summed E-state index contributed by atoms with van der Waals surface area (Å²) in [4.78, 5) is 12.9. The number of hydrogen-bond donors (Lipinski definition) is 1. The van der Waals surface area contributed by atoms with Crippen LogP contribution in [0.15, 0.2) is 47.6 Å². The van der Waals surface area contributed by atoms with Crippen molar-refractivity contribution in [1.29, 1.82) is 0 Å². The molecule has 1 saturated carbocycles. The van der Waals surface area contributed by atoms with Crippen molar-refractivity contribution < 1.29 is 18.7 Å². The second kappa shape index (κ2) is 9.66. The lowest BCUT2D eigenvalue weighted by atomic mass is 9.95. The number of thioether (sulfide) groups is 1. The molecule has 1 amide bonds. The third kappa shape index (κ3) is 4.75. The number of amides is 1. The van der Waals surface area contributed by atoms with Gasteiger partial charge in [-0.2, -0.15) is 0 Å². The molecular formula is C25H27FN4O3S. The van der Waals surface area contributed by atoms with Crippen LogP contribution in [0.3, 0.4) is 0 Å². The van der Waals surface area contributed by atoms with Crippen molar-refractivity contribution in [1.82, 2.24) is 20.1 Å². The summed E-state index contributed by atoms with van der Waals surface area (Å²) in [5.74, 6) is 1.89. The Morgan fingerprint density at radius 3 is 2.65 bits per heavy atom. The third-order valence-corrected chi connectivity index (χ3v) is 6.88. The number of carbonyl (C=O) groups excluding carboxylic acids is 1. The number of hydrogen-bond acceptors (Lipinski definition) is 6. The quantitative estimate of drug-likeness (QED) is 0.465. The van der Waals surface area contributed by atoms with Crippen molar-refractivity contribution in [3.8, 4) is 22.9 Å². The Labute approximate surface area is 202 Å². The maximum absolute atomic E-state index is 14.4. The van der Waals surface area contributed by atoms with Gasteiger partial charge in [0.25, 0.3) is 0 Å². The topological polar surface area (TPSA) is 78.3 Å². The standard InChI is InChI=1S/C25H27FN4O3S/c1-15(2)23(16-7-10-20-21(13-16)33-12-11-32-20)27-22(31)14-34-25-29-28-24(30(25)17-8-9-17)18-5-3-4-6-19(18)26/h3-7,10,13,15,17,23H,8-9,11-12,14H2,1-2H3,(H,27,31). The second-order valence-corrected chi connectivity index (χ2v) is 9.81. The molecule has 1 N–H and O–H groups in total. The predicted molar refractivity (Wildman–Crippen MR) is 128 cm³/mol. The van der Waals surface area contributed by atoms with Gasteiger partial charge >= 0.3 is 0 Å². The minimum Gasteiger partial charge on any atom is -0.486 e. The van der Waals surface area contributed by atoms with Gasteiger partial charge in [0.1, 0.15) is 19.0 Å². The molecule has 178 valence electrons. The van der Waals surface area contributed by atoms with Gasteiger partial charge in [-0.3, -0.25) is 9.36 Å². The monoisotopic (exact) mass is 482 g/mol. The van der Waals surface area contributed by atoms with Crippen molar-refractivity contribution >= 4 is 17.7 Å². The molecule has 2 heterocycles. The highest BCUT2D eigenvalue weighted by Gasteiger charge is 2.31. The van der Waals surface area contributed by atoms with E-state index >= 15 is 0 Å². The summed E-state index contributed by atoms with van der Waals surface area (Å²) < 4.78 is 27.7. The largest absolute Gasteiger partial charge is 0.486 e. The van der Waals surface area contributed by atoms with Gasteiger partial charge in [-0.25, -0.2) is 4.39 Å². The van der Waals surface area contributed by atoms with E-state index in [0.717, 1.165) is 24.2 Å². The van der Waals surface area contributed by atoms with Crippen LogP contribution in [0.2, 0.25) is 0 Å². The van der Waals surface area contributed by atoms with E-state index in [-0.39, 0.29) is 35.5 Å². The molecule has 2 aliphatic rings. The van der Waals surface area contributed by atoms with Gasteiger partial charge < -0.3 is 14.8 Å². The number of aromatic nitrogens is 3. The van der Waals surface area contributed by atoms with E-state index in [4.69, 9.17) is 9.47 Å².